The van der Waals surface area contributed by atoms with Crippen molar-refractivity contribution in [1.29, 1.82) is 0 Å². The first-order valence-corrected chi connectivity index (χ1v) is 6.06. The molecular weight excluding hydrogens is 238 g/mol. The molecule has 4 heteroatoms. The molecule has 0 saturated carbocycles. The lowest BCUT2D eigenvalue weighted by atomic mass is 10.1. The summed E-state index contributed by atoms with van der Waals surface area (Å²) < 4.78 is 7.20. The van der Waals surface area contributed by atoms with Crippen LogP contribution in [0.4, 0.5) is 5.69 Å². The van der Waals surface area contributed by atoms with Crippen LogP contribution in [0.5, 0.6) is 5.75 Å². The van der Waals surface area contributed by atoms with Crippen LogP contribution in [-0.2, 0) is 0 Å². The summed E-state index contributed by atoms with van der Waals surface area (Å²) in [4.78, 5) is 4.65. The first-order chi connectivity index (χ1) is 9.17. The van der Waals surface area contributed by atoms with Crippen molar-refractivity contribution < 1.29 is 4.74 Å². The summed E-state index contributed by atoms with van der Waals surface area (Å²) in [5.74, 6) is 0.825. The fourth-order valence-corrected chi connectivity index (χ4v) is 2.22. The Bertz CT molecular complexity index is 746. The molecule has 0 atom stereocenters. The number of imidazole rings is 1. The molecule has 0 unspecified atom stereocenters. The molecule has 0 radical (unpaired) electrons. The Labute approximate surface area is 111 Å². The summed E-state index contributed by atoms with van der Waals surface area (Å²) in [7, 11) is 1.66. The number of fused-ring (bicyclic) bond motifs is 1. The zero-order chi connectivity index (χ0) is 13.4. The molecule has 0 spiro atoms. The van der Waals surface area contributed by atoms with Crippen molar-refractivity contribution in [1.82, 2.24) is 9.38 Å². The largest absolute Gasteiger partial charge is 0.497 e. The number of ether oxygens (including phenoxy) is 1. The Kier molecular flexibility index (Phi) is 2.63. The van der Waals surface area contributed by atoms with Crippen LogP contribution in [0.2, 0.25) is 0 Å². The highest BCUT2D eigenvalue weighted by atomic mass is 16.5. The summed E-state index contributed by atoms with van der Waals surface area (Å²) in [6, 6.07) is 9.79. The van der Waals surface area contributed by atoms with Crippen LogP contribution in [-0.4, -0.2) is 16.5 Å². The van der Waals surface area contributed by atoms with Gasteiger partial charge in [0.1, 0.15) is 11.4 Å². The minimum atomic E-state index is 0.736. The smallest absolute Gasteiger partial charge is 0.140 e. The molecule has 0 aliphatic carbocycles. The third-order valence-corrected chi connectivity index (χ3v) is 3.12. The van der Waals surface area contributed by atoms with Crippen LogP contribution in [0.3, 0.4) is 0 Å². The molecule has 0 amide bonds. The zero-order valence-electron chi connectivity index (χ0n) is 10.9. The van der Waals surface area contributed by atoms with Crippen molar-refractivity contribution in [3.63, 3.8) is 0 Å². The number of hydrogen-bond donors (Lipinski definition) is 1. The maximum absolute atomic E-state index is 5.85. The van der Waals surface area contributed by atoms with Gasteiger partial charge in [0.25, 0.3) is 0 Å². The highest BCUT2D eigenvalue weighted by molar-refractivity contribution is 5.66. The molecule has 0 fully saturated rings. The molecule has 3 rings (SSSR count). The standard InChI is InChI=1S/C15H15N3O/c1-10-6-12(16)8-18-9-14(17-15(10)18)11-4-3-5-13(7-11)19-2/h3-9H,16H2,1-2H3. The Hall–Kier alpha value is -2.49. The number of hydrogen-bond acceptors (Lipinski definition) is 3. The second-order valence-electron chi connectivity index (χ2n) is 4.55. The van der Waals surface area contributed by atoms with Crippen LogP contribution in [0.15, 0.2) is 42.7 Å². The Balaban J connectivity index is 2.17. The molecule has 19 heavy (non-hydrogen) atoms. The summed E-state index contributed by atoms with van der Waals surface area (Å²) in [6.07, 6.45) is 3.85. The predicted octanol–water partition coefficient (Wildman–Crippen LogP) is 2.90. The van der Waals surface area contributed by atoms with Gasteiger partial charge in [-0.15, -0.1) is 0 Å². The van der Waals surface area contributed by atoms with Crippen molar-refractivity contribution >= 4 is 11.3 Å². The van der Waals surface area contributed by atoms with E-state index >= 15 is 0 Å². The molecule has 0 bridgehead atoms. The topological polar surface area (TPSA) is 52.5 Å². The summed E-state index contributed by atoms with van der Waals surface area (Å²) >= 11 is 0. The van der Waals surface area contributed by atoms with Gasteiger partial charge in [-0.05, 0) is 30.7 Å². The van der Waals surface area contributed by atoms with E-state index in [0.717, 1.165) is 33.9 Å². The van der Waals surface area contributed by atoms with Crippen LogP contribution in [0.1, 0.15) is 5.56 Å². The van der Waals surface area contributed by atoms with E-state index < -0.39 is 0 Å². The van der Waals surface area contributed by atoms with Crippen molar-refractivity contribution in [3.05, 3.63) is 48.3 Å². The van der Waals surface area contributed by atoms with Gasteiger partial charge in [0.05, 0.1) is 12.8 Å². The van der Waals surface area contributed by atoms with Crippen LogP contribution in [0, 0.1) is 6.92 Å². The van der Waals surface area contributed by atoms with E-state index in [4.69, 9.17) is 10.5 Å². The predicted molar refractivity (Wildman–Crippen MR) is 76.3 cm³/mol. The van der Waals surface area contributed by atoms with Crippen molar-refractivity contribution in [3.8, 4) is 17.0 Å². The van der Waals surface area contributed by atoms with Gasteiger partial charge in [0.2, 0.25) is 0 Å². The average molecular weight is 253 g/mol. The Morgan fingerprint density at radius 2 is 2.05 bits per heavy atom. The van der Waals surface area contributed by atoms with E-state index in [2.05, 4.69) is 4.98 Å². The lowest BCUT2D eigenvalue weighted by Crippen LogP contribution is -1.92. The molecule has 96 valence electrons. The Morgan fingerprint density at radius 1 is 1.21 bits per heavy atom. The molecule has 0 saturated heterocycles. The highest BCUT2D eigenvalue weighted by Gasteiger charge is 2.07. The lowest BCUT2D eigenvalue weighted by molar-refractivity contribution is 0.415. The van der Waals surface area contributed by atoms with E-state index in [9.17, 15) is 0 Å². The Morgan fingerprint density at radius 3 is 2.84 bits per heavy atom. The maximum atomic E-state index is 5.85. The maximum Gasteiger partial charge on any atom is 0.140 e. The number of rotatable bonds is 2. The number of aromatic nitrogens is 2. The summed E-state index contributed by atoms with van der Waals surface area (Å²) in [6.45, 7) is 2.01. The molecule has 2 N–H and O–H groups in total. The molecule has 2 aromatic heterocycles. The van der Waals surface area contributed by atoms with Crippen molar-refractivity contribution in [2.75, 3.05) is 12.8 Å². The minimum absolute atomic E-state index is 0.736. The number of methoxy groups -OCH3 is 1. The van der Waals surface area contributed by atoms with Gasteiger partial charge in [-0.3, -0.25) is 0 Å². The molecule has 0 aliphatic heterocycles. The van der Waals surface area contributed by atoms with Crippen molar-refractivity contribution in [2.45, 2.75) is 6.92 Å². The second kappa shape index (κ2) is 4.31. The van der Waals surface area contributed by atoms with E-state index in [0.29, 0.717) is 0 Å². The van der Waals surface area contributed by atoms with E-state index in [1.165, 1.54) is 0 Å². The quantitative estimate of drug-likeness (QED) is 0.764. The molecule has 0 aliphatic rings. The average Bonchev–Trinajstić information content (AvgIpc) is 2.83. The van der Waals surface area contributed by atoms with Gasteiger partial charge in [0.15, 0.2) is 0 Å². The number of nitrogens with zero attached hydrogens (tertiary/aromatic N) is 2. The van der Waals surface area contributed by atoms with Gasteiger partial charge >= 0.3 is 0 Å². The molecule has 4 nitrogen and oxygen atoms in total. The molecule has 2 heterocycles. The van der Waals surface area contributed by atoms with Gasteiger partial charge in [0, 0.05) is 23.6 Å². The van der Waals surface area contributed by atoms with Crippen LogP contribution >= 0.6 is 0 Å². The first-order valence-electron chi connectivity index (χ1n) is 6.06. The van der Waals surface area contributed by atoms with Crippen LogP contribution < -0.4 is 10.5 Å². The van der Waals surface area contributed by atoms with Gasteiger partial charge in [-0.1, -0.05) is 12.1 Å². The monoisotopic (exact) mass is 253 g/mol. The third-order valence-electron chi connectivity index (χ3n) is 3.12. The lowest BCUT2D eigenvalue weighted by Gasteiger charge is -2.00. The molecular formula is C15H15N3O. The van der Waals surface area contributed by atoms with Gasteiger partial charge < -0.3 is 14.9 Å². The van der Waals surface area contributed by atoms with Gasteiger partial charge in [-0.25, -0.2) is 4.98 Å². The number of anilines is 1. The fourth-order valence-electron chi connectivity index (χ4n) is 2.22. The SMILES string of the molecule is COc1cccc(-c2cn3cc(N)cc(C)c3n2)c1. The molecule has 1 aromatic carbocycles. The fraction of sp³-hybridized carbons (Fsp3) is 0.133. The number of benzene rings is 1. The second-order valence-corrected chi connectivity index (χ2v) is 4.55. The van der Waals surface area contributed by atoms with Gasteiger partial charge in [-0.2, -0.15) is 0 Å². The van der Waals surface area contributed by atoms with E-state index in [-0.39, 0.29) is 0 Å². The number of pyridine rings is 1. The third kappa shape index (κ3) is 2.01. The molecule has 3 aromatic rings. The number of nitrogens with two attached hydrogens (primary N) is 1. The zero-order valence-corrected chi connectivity index (χ0v) is 10.9. The van der Waals surface area contributed by atoms with E-state index in [1.54, 1.807) is 7.11 Å². The van der Waals surface area contributed by atoms with E-state index in [1.807, 2.05) is 54.0 Å². The minimum Gasteiger partial charge on any atom is -0.497 e. The number of nitrogen functional groups attached to an aromatic ring is 1. The summed E-state index contributed by atoms with van der Waals surface area (Å²) in [5, 5.41) is 0. The van der Waals surface area contributed by atoms with Crippen molar-refractivity contribution in [2.24, 2.45) is 0 Å². The summed E-state index contributed by atoms with van der Waals surface area (Å²) in [5.41, 5.74) is 10.5. The normalized spacial score (nSPS) is 10.8. The highest BCUT2D eigenvalue weighted by Crippen LogP contribution is 2.25. The first kappa shape index (κ1) is 11.6. The number of aryl methyl sites for hydroxylation is 1. The van der Waals surface area contributed by atoms with Crippen LogP contribution in [0.25, 0.3) is 16.9 Å².